The average molecular weight is 344 g/mol. The number of H-pyrrole nitrogens is 1. The van der Waals surface area contributed by atoms with Gasteiger partial charge in [0.05, 0.1) is 11.0 Å². The Balaban J connectivity index is 1.53. The second-order valence-corrected chi connectivity index (χ2v) is 6.59. The summed E-state index contributed by atoms with van der Waals surface area (Å²) in [7, 11) is 1.76. The molecule has 0 spiro atoms. The lowest BCUT2D eigenvalue weighted by molar-refractivity contribution is 0.858. The summed E-state index contributed by atoms with van der Waals surface area (Å²) in [6.07, 6.45) is 5.44. The minimum Gasteiger partial charge on any atom is -0.306 e. The lowest BCUT2D eigenvalue weighted by atomic mass is 10.1. The molecule has 2 aromatic heterocycles. The number of benzene rings is 2. The van der Waals surface area contributed by atoms with E-state index < -0.39 is 0 Å². The van der Waals surface area contributed by atoms with E-state index >= 15 is 0 Å². The van der Waals surface area contributed by atoms with Crippen molar-refractivity contribution in [3.05, 3.63) is 82.3 Å². The number of imidazole rings is 1. The van der Waals surface area contributed by atoms with Crippen LogP contribution in [0.2, 0.25) is 0 Å². The molecule has 0 aliphatic heterocycles. The molecule has 5 heteroatoms. The first-order chi connectivity index (χ1) is 12.6. The van der Waals surface area contributed by atoms with Crippen molar-refractivity contribution in [2.45, 2.75) is 19.8 Å². The van der Waals surface area contributed by atoms with Crippen LogP contribution in [0.3, 0.4) is 0 Å². The van der Waals surface area contributed by atoms with E-state index in [0.29, 0.717) is 0 Å². The van der Waals surface area contributed by atoms with Crippen LogP contribution in [0.5, 0.6) is 0 Å². The van der Waals surface area contributed by atoms with Crippen LogP contribution in [0, 0.1) is 6.92 Å². The Kier molecular flexibility index (Phi) is 4.13. The number of aryl methyl sites for hydroxylation is 4. The monoisotopic (exact) mass is 344 g/mol. The molecule has 4 aromatic rings. The molecule has 0 atom stereocenters. The Hall–Kier alpha value is -3.21. The van der Waals surface area contributed by atoms with Crippen LogP contribution < -0.4 is 5.69 Å². The van der Waals surface area contributed by atoms with Gasteiger partial charge >= 0.3 is 5.69 Å². The number of aromatic amines is 1. The van der Waals surface area contributed by atoms with Gasteiger partial charge in [0, 0.05) is 31.4 Å². The van der Waals surface area contributed by atoms with Crippen LogP contribution in [-0.4, -0.2) is 19.5 Å². The minimum atomic E-state index is -0.111. The van der Waals surface area contributed by atoms with E-state index in [-0.39, 0.29) is 5.69 Å². The summed E-state index contributed by atoms with van der Waals surface area (Å²) in [5, 5.41) is 0. The number of hydrogen-bond donors (Lipinski definition) is 1. The van der Waals surface area contributed by atoms with Crippen LogP contribution in [0.1, 0.15) is 17.0 Å². The van der Waals surface area contributed by atoms with Crippen molar-refractivity contribution in [3.63, 3.8) is 0 Å². The Morgan fingerprint density at radius 1 is 0.962 bits per heavy atom. The van der Waals surface area contributed by atoms with Crippen molar-refractivity contribution in [2.75, 3.05) is 0 Å². The van der Waals surface area contributed by atoms with Crippen LogP contribution in [-0.2, 0) is 19.9 Å². The Bertz CT molecular complexity index is 1110. The van der Waals surface area contributed by atoms with Crippen LogP contribution in [0.25, 0.3) is 22.2 Å². The van der Waals surface area contributed by atoms with Crippen molar-refractivity contribution < 1.29 is 0 Å². The predicted octanol–water partition coefficient (Wildman–Crippen LogP) is 3.42. The van der Waals surface area contributed by atoms with Gasteiger partial charge in [-0.3, -0.25) is 4.57 Å². The lowest BCUT2D eigenvalue weighted by Gasteiger charge is -2.05. The highest BCUT2D eigenvalue weighted by molar-refractivity contribution is 5.81. The summed E-state index contributed by atoms with van der Waals surface area (Å²) >= 11 is 0. The molecule has 0 unspecified atom stereocenters. The number of nitrogens with one attached hydrogen (secondary N) is 1. The van der Waals surface area contributed by atoms with E-state index in [4.69, 9.17) is 0 Å². The number of nitrogens with zero attached hydrogens (tertiary/aromatic N) is 3. The molecular weight excluding hydrogens is 324 g/mol. The maximum Gasteiger partial charge on any atom is 0.326 e. The number of rotatable bonds is 4. The van der Waals surface area contributed by atoms with E-state index in [1.165, 1.54) is 11.1 Å². The molecule has 1 N–H and O–H groups in total. The SMILES string of the molecule is Cc1ccc(CCc2ncc(-c3ccc4[nH]c(=O)n(C)c4c3)cn2)cc1. The molecular formula is C21H20N4O. The van der Waals surface area contributed by atoms with Gasteiger partial charge in [-0.1, -0.05) is 35.9 Å². The van der Waals surface area contributed by atoms with Crippen molar-refractivity contribution >= 4 is 11.0 Å². The van der Waals surface area contributed by atoms with Crippen molar-refractivity contribution in [2.24, 2.45) is 7.05 Å². The zero-order chi connectivity index (χ0) is 18.1. The van der Waals surface area contributed by atoms with Gasteiger partial charge in [-0.15, -0.1) is 0 Å². The smallest absolute Gasteiger partial charge is 0.306 e. The molecule has 0 radical (unpaired) electrons. The summed E-state index contributed by atoms with van der Waals surface area (Å²) in [5.41, 5.74) is 6.10. The maximum atomic E-state index is 11.7. The summed E-state index contributed by atoms with van der Waals surface area (Å²) in [6, 6.07) is 14.4. The second kappa shape index (κ2) is 6.59. The largest absolute Gasteiger partial charge is 0.326 e. The Morgan fingerprint density at radius 2 is 1.69 bits per heavy atom. The van der Waals surface area contributed by atoms with Gasteiger partial charge in [0.2, 0.25) is 0 Å². The summed E-state index contributed by atoms with van der Waals surface area (Å²) in [5.74, 6) is 0.837. The zero-order valence-corrected chi connectivity index (χ0v) is 14.9. The van der Waals surface area contributed by atoms with Crippen LogP contribution in [0.4, 0.5) is 0 Å². The summed E-state index contributed by atoms with van der Waals surface area (Å²) < 4.78 is 1.61. The van der Waals surface area contributed by atoms with Crippen molar-refractivity contribution in [1.29, 1.82) is 0 Å². The molecule has 130 valence electrons. The van der Waals surface area contributed by atoms with E-state index in [1.807, 2.05) is 30.6 Å². The highest BCUT2D eigenvalue weighted by Gasteiger charge is 2.07. The second-order valence-electron chi connectivity index (χ2n) is 6.59. The van der Waals surface area contributed by atoms with Gasteiger partial charge in [0.1, 0.15) is 5.82 Å². The van der Waals surface area contributed by atoms with Gasteiger partial charge < -0.3 is 4.98 Å². The fourth-order valence-electron chi connectivity index (χ4n) is 3.05. The highest BCUT2D eigenvalue weighted by atomic mass is 16.1. The normalized spacial score (nSPS) is 11.2. The topological polar surface area (TPSA) is 63.6 Å². The van der Waals surface area contributed by atoms with Crippen LogP contribution >= 0.6 is 0 Å². The Labute approximate surface area is 151 Å². The van der Waals surface area contributed by atoms with Gasteiger partial charge in [-0.25, -0.2) is 14.8 Å². The first-order valence-electron chi connectivity index (χ1n) is 8.66. The molecule has 0 aliphatic carbocycles. The van der Waals surface area contributed by atoms with Crippen molar-refractivity contribution in [1.82, 2.24) is 19.5 Å². The van der Waals surface area contributed by atoms with Gasteiger partial charge in [0.25, 0.3) is 0 Å². The molecule has 2 aromatic carbocycles. The number of fused-ring (bicyclic) bond motifs is 1. The van der Waals surface area contributed by atoms with Gasteiger partial charge in [-0.2, -0.15) is 0 Å². The quantitative estimate of drug-likeness (QED) is 0.617. The molecule has 0 bridgehead atoms. The molecule has 0 amide bonds. The summed E-state index contributed by atoms with van der Waals surface area (Å²) in [6.45, 7) is 2.09. The molecule has 0 saturated heterocycles. The third kappa shape index (κ3) is 3.16. The lowest BCUT2D eigenvalue weighted by Crippen LogP contribution is -2.11. The molecule has 2 heterocycles. The fourth-order valence-corrected chi connectivity index (χ4v) is 3.05. The molecule has 4 rings (SSSR count). The van der Waals surface area contributed by atoms with Gasteiger partial charge in [-0.05, 0) is 36.6 Å². The molecule has 0 fully saturated rings. The minimum absolute atomic E-state index is 0.111. The first kappa shape index (κ1) is 16.3. The molecule has 5 nitrogen and oxygen atoms in total. The zero-order valence-electron chi connectivity index (χ0n) is 14.9. The summed E-state index contributed by atoms with van der Waals surface area (Å²) in [4.78, 5) is 23.6. The predicted molar refractivity (Wildman–Crippen MR) is 103 cm³/mol. The first-order valence-corrected chi connectivity index (χ1v) is 8.66. The molecule has 0 aliphatic rings. The average Bonchev–Trinajstić information content (AvgIpc) is 2.95. The highest BCUT2D eigenvalue weighted by Crippen LogP contribution is 2.22. The third-order valence-corrected chi connectivity index (χ3v) is 4.70. The fraction of sp³-hybridized carbons (Fsp3) is 0.190. The van der Waals surface area contributed by atoms with E-state index in [0.717, 1.165) is 40.8 Å². The van der Waals surface area contributed by atoms with E-state index in [2.05, 4.69) is 46.1 Å². The van der Waals surface area contributed by atoms with Gasteiger partial charge in [0.15, 0.2) is 0 Å². The van der Waals surface area contributed by atoms with E-state index in [1.54, 1.807) is 11.6 Å². The maximum absolute atomic E-state index is 11.7. The molecule has 26 heavy (non-hydrogen) atoms. The van der Waals surface area contributed by atoms with Crippen LogP contribution in [0.15, 0.2) is 59.7 Å². The van der Waals surface area contributed by atoms with E-state index in [9.17, 15) is 4.79 Å². The Morgan fingerprint density at radius 3 is 2.42 bits per heavy atom. The number of hydrogen-bond acceptors (Lipinski definition) is 3. The standard InChI is InChI=1S/C21H20N4O/c1-14-3-5-15(6-4-14)7-10-20-22-12-17(13-23-20)16-8-9-18-19(11-16)25(2)21(26)24-18/h3-6,8-9,11-13H,7,10H2,1-2H3,(H,24,26). The molecule has 0 saturated carbocycles. The van der Waals surface area contributed by atoms with Crippen molar-refractivity contribution in [3.8, 4) is 11.1 Å². The number of aromatic nitrogens is 4. The third-order valence-electron chi connectivity index (χ3n) is 4.70.